The second kappa shape index (κ2) is 7.44. The van der Waals surface area contributed by atoms with Crippen molar-refractivity contribution in [1.82, 2.24) is 20.6 Å². The zero-order valence-electron chi connectivity index (χ0n) is 13.5. The molecular formula is C16H18N8O. The van der Waals surface area contributed by atoms with E-state index in [9.17, 15) is 4.79 Å². The Morgan fingerprint density at radius 3 is 2.64 bits per heavy atom. The standard InChI is InChI=1S/C16H18N8O/c17-9-12(16-20-22-23-21-16)10-19-13-1-3-14(4-2-13)24-7-5-11(6-8-24)15(18)25/h1-4,10-11,19H,5-8H2,(H2,18,25)(H,20,21,22,23). The van der Waals surface area contributed by atoms with Gasteiger partial charge in [-0.3, -0.25) is 4.79 Å². The molecule has 1 saturated heterocycles. The number of nitrogens with zero attached hydrogens (tertiary/aromatic N) is 5. The first-order chi connectivity index (χ1) is 12.2. The van der Waals surface area contributed by atoms with E-state index in [1.165, 1.54) is 6.20 Å². The third-order valence-electron chi connectivity index (χ3n) is 4.22. The second-order valence-corrected chi connectivity index (χ2v) is 5.76. The molecule has 0 atom stereocenters. The highest BCUT2D eigenvalue weighted by atomic mass is 16.1. The number of H-pyrrole nitrogens is 1. The molecule has 1 amide bonds. The van der Waals surface area contributed by atoms with Crippen LogP contribution in [0.5, 0.6) is 0 Å². The molecule has 25 heavy (non-hydrogen) atoms. The SMILES string of the molecule is N#CC(=CNc1ccc(N2CCC(C(N)=O)CC2)cc1)c1nn[nH]n1. The number of carbonyl (C=O) groups is 1. The number of nitriles is 1. The lowest BCUT2D eigenvalue weighted by molar-refractivity contribution is -0.122. The lowest BCUT2D eigenvalue weighted by Crippen LogP contribution is -2.38. The minimum absolute atomic E-state index is 0.0168. The van der Waals surface area contributed by atoms with Crippen molar-refractivity contribution in [2.45, 2.75) is 12.8 Å². The predicted molar refractivity (Wildman–Crippen MR) is 92.0 cm³/mol. The van der Waals surface area contributed by atoms with Crippen LogP contribution in [0.25, 0.3) is 5.57 Å². The molecule has 0 radical (unpaired) electrons. The van der Waals surface area contributed by atoms with Crippen LogP contribution in [0.1, 0.15) is 18.7 Å². The Labute approximate surface area is 144 Å². The molecule has 4 N–H and O–H groups in total. The van der Waals surface area contributed by atoms with Crippen LogP contribution in [0.15, 0.2) is 30.5 Å². The van der Waals surface area contributed by atoms with E-state index < -0.39 is 0 Å². The maximum absolute atomic E-state index is 11.2. The van der Waals surface area contributed by atoms with Crippen LogP contribution < -0.4 is 16.0 Å². The van der Waals surface area contributed by atoms with Gasteiger partial charge in [-0.2, -0.15) is 10.5 Å². The number of allylic oxidation sites excluding steroid dienone is 1. The van der Waals surface area contributed by atoms with Gasteiger partial charge in [-0.1, -0.05) is 0 Å². The number of nitrogens with one attached hydrogen (secondary N) is 2. The lowest BCUT2D eigenvalue weighted by atomic mass is 9.96. The van der Waals surface area contributed by atoms with Crippen molar-refractivity contribution in [3.8, 4) is 6.07 Å². The van der Waals surface area contributed by atoms with Gasteiger partial charge in [-0.25, -0.2) is 0 Å². The predicted octanol–water partition coefficient (Wildman–Crippen LogP) is 0.878. The van der Waals surface area contributed by atoms with Gasteiger partial charge < -0.3 is 16.0 Å². The minimum atomic E-state index is -0.208. The highest BCUT2D eigenvalue weighted by Crippen LogP contribution is 2.24. The van der Waals surface area contributed by atoms with Gasteiger partial charge in [0, 0.05) is 36.6 Å². The molecule has 128 valence electrons. The number of piperidine rings is 1. The maximum Gasteiger partial charge on any atom is 0.220 e. The summed E-state index contributed by atoms with van der Waals surface area (Å²) in [6.45, 7) is 1.63. The van der Waals surface area contributed by atoms with Crippen molar-refractivity contribution < 1.29 is 4.79 Å². The molecule has 2 aromatic rings. The molecule has 1 aliphatic rings. The number of amides is 1. The number of rotatable bonds is 5. The van der Waals surface area contributed by atoms with Gasteiger partial charge in [0.1, 0.15) is 11.6 Å². The number of benzene rings is 1. The average Bonchev–Trinajstić information content (AvgIpc) is 3.17. The fourth-order valence-electron chi connectivity index (χ4n) is 2.77. The fourth-order valence-corrected chi connectivity index (χ4v) is 2.77. The minimum Gasteiger partial charge on any atom is -0.371 e. The normalized spacial score (nSPS) is 15.6. The summed E-state index contributed by atoms with van der Waals surface area (Å²) in [4.78, 5) is 13.5. The summed E-state index contributed by atoms with van der Waals surface area (Å²) in [6.07, 6.45) is 3.11. The van der Waals surface area contributed by atoms with Crippen LogP contribution in [-0.2, 0) is 4.79 Å². The molecule has 9 heteroatoms. The van der Waals surface area contributed by atoms with E-state index in [-0.39, 0.29) is 23.2 Å². The Balaban J connectivity index is 1.61. The summed E-state index contributed by atoms with van der Waals surface area (Å²) < 4.78 is 0. The van der Waals surface area contributed by atoms with E-state index in [0.29, 0.717) is 0 Å². The molecule has 2 heterocycles. The maximum atomic E-state index is 11.2. The summed E-state index contributed by atoms with van der Waals surface area (Å²) >= 11 is 0. The molecule has 0 aliphatic carbocycles. The number of tetrazole rings is 1. The number of hydrogen-bond donors (Lipinski definition) is 3. The first-order valence-electron chi connectivity index (χ1n) is 7.92. The summed E-state index contributed by atoms with van der Waals surface area (Å²) in [5, 5.41) is 25.5. The van der Waals surface area contributed by atoms with Gasteiger partial charge >= 0.3 is 0 Å². The van der Waals surface area contributed by atoms with E-state index in [2.05, 4.69) is 30.8 Å². The average molecular weight is 338 g/mol. The molecule has 3 rings (SSSR count). The van der Waals surface area contributed by atoms with Crippen molar-refractivity contribution in [2.75, 3.05) is 23.3 Å². The summed E-state index contributed by atoms with van der Waals surface area (Å²) in [5.74, 6) is 0.0155. The Morgan fingerprint density at radius 1 is 1.36 bits per heavy atom. The van der Waals surface area contributed by atoms with E-state index in [0.717, 1.165) is 37.3 Å². The zero-order valence-corrected chi connectivity index (χ0v) is 13.5. The Hall–Kier alpha value is -3.41. The summed E-state index contributed by atoms with van der Waals surface area (Å²) in [7, 11) is 0. The highest BCUT2D eigenvalue weighted by Gasteiger charge is 2.23. The van der Waals surface area contributed by atoms with E-state index >= 15 is 0 Å². The van der Waals surface area contributed by atoms with Gasteiger partial charge in [0.15, 0.2) is 0 Å². The first kappa shape index (κ1) is 16.4. The number of hydrogen-bond acceptors (Lipinski definition) is 7. The molecule has 1 aromatic carbocycles. The van der Waals surface area contributed by atoms with Crippen LogP contribution in [0, 0.1) is 17.2 Å². The molecule has 1 aromatic heterocycles. The van der Waals surface area contributed by atoms with E-state index in [4.69, 9.17) is 11.0 Å². The number of aromatic nitrogens is 4. The van der Waals surface area contributed by atoms with Crippen LogP contribution in [0.3, 0.4) is 0 Å². The van der Waals surface area contributed by atoms with Crippen LogP contribution >= 0.6 is 0 Å². The summed E-state index contributed by atoms with van der Waals surface area (Å²) in [6, 6.07) is 9.88. The highest BCUT2D eigenvalue weighted by molar-refractivity contribution is 5.77. The molecule has 1 fully saturated rings. The number of nitrogens with two attached hydrogens (primary N) is 1. The second-order valence-electron chi connectivity index (χ2n) is 5.76. The number of anilines is 2. The van der Waals surface area contributed by atoms with Crippen molar-refractivity contribution in [3.05, 3.63) is 36.3 Å². The van der Waals surface area contributed by atoms with Crippen molar-refractivity contribution in [2.24, 2.45) is 11.7 Å². The number of aromatic amines is 1. The first-order valence-corrected chi connectivity index (χ1v) is 7.92. The monoisotopic (exact) mass is 338 g/mol. The Bertz CT molecular complexity index is 783. The molecule has 1 aliphatic heterocycles. The molecule has 0 saturated carbocycles. The molecule has 0 spiro atoms. The third kappa shape index (κ3) is 3.92. The number of primary amides is 1. The largest absolute Gasteiger partial charge is 0.371 e. The van der Waals surface area contributed by atoms with Gasteiger partial charge in [-0.05, 0) is 42.3 Å². The van der Waals surface area contributed by atoms with Crippen molar-refractivity contribution in [3.63, 3.8) is 0 Å². The van der Waals surface area contributed by atoms with Gasteiger partial charge in [0.05, 0.1) is 0 Å². The molecule has 0 unspecified atom stereocenters. The molecule has 9 nitrogen and oxygen atoms in total. The topological polar surface area (TPSA) is 137 Å². The van der Waals surface area contributed by atoms with E-state index in [1.807, 2.05) is 30.3 Å². The Morgan fingerprint density at radius 2 is 2.08 bits per heavy atom. The van der Waals surface area contributed by atoms with Crippen LogP contribution in [0.4, 0.5) is 11.4 Å². The van der Waals surface area contributed by atoms with Gasteiger partial charge in [0.25, 0.3) is 0 Å². The smallest absolute Gasteiger partial charge is 0.220 e. The fraction of sp³-hybridized carbons (Fsp3) is 0.312. The quantitative estimate of drug-likeness (QED) is 0.688. The van der Waals surface area contributed by atoms with E-state index in [1.54, 1.807) is 0 Å². The third-order valence-corrected chi connectivity index (χ3v) is 4.22. The zero-order chi connectivity index (χ0) is 17.6. The van der Waals surface area contributed by atoms with Crippen LogP contribution in [0.2, 0.25) is 0 Å². The van der Waals surface area contributed by atoms with Crippen molar-refractivity contribution in [1.29, 1.82) is 5.26 Å². The molecular weight excluding hydrogens is 320 g/mol. The van der Waals surface area contributed by atoms with Crippen LogP contribution in [-0.4, -0.2) is 39.6 Å². The number of carbonyl (C=O) groups excluding carboxylic acids is 1. The molecule has 0 bridgehead atoms. The van der Waals surface area contributed by atoms with Gasteiger partial charge in [-0.15, -0.1) is 10.2 Å². The lowest BCUT2D eigenvalue weighted by Gasteiger charge is -2.32. The van der Waals surface area contributed by atoms with Gasteiger partial charge in [0.2, 0.25) is 11.7 Å². The summed E-state index contributed by atoms with van der Waals surface area (Å²) in [5.41, 5.74) is 7.58. The Kier molecular flexibility index (Phi) is 4.89. The van der Waals surface area contributed by atoms with Crippen molar-refractivity contribution >= 4 is 22.9 Å².